The fraction of sp³-hybridized carbons (Fsp3) is 0.286. The quantitative estimate of drug-likeness (QED) is 0.498. The largest absolute Gasteiger partial charge is 0.297 e. The zero-order valence-electron chi connectivity index (χ0n) is 15.8. The summed E-state index contributed by atoms with van der Waals surface area (Å²) >= 11 is 0. The van der Waals surface area contributed by atoms with E-state index in [4.69, 9.17) is 0 Å². The molecule has 0 unspecified atom stereocenters. The van der Waals surface area contributed by atoms with Gasteiger partial charge in [-0.2, -0.15) is 9.61 Å². The Morgan fingerprint density at radius 3 is 2.72 bits per heavy atom. The van der Waals surface area contributed by atoms with Gasteiger partial charge in [0.15, 0.2) is 16.8 Å². The zero-order valence-corrected chi connectivity index (χ0v) is 15.8. The van der Waals surface area contributed by atoms with Gasteiger partial charge >= 0.3 is 0 Å². The van der Waals surface area contributed by atoms with Crippen LogP contribution in [0, 0.1) is 5.82 Å². The molecule has 0 aliphatic heterocycles. The van der Waals surface area contributed by atoms with Crippen LogP contribution in [0.2, 0.25) is 0 Å². The molecule has 3 heterocycles. The topological polar surface area (TPSA) is 78.0 Å². The van der Waals surface area contributed by atoms with Crippen molar-refractivity contribution in [1.82, 2.24) is 29.4 Å². The van der Waals surface area contributed by atoms with Crippen molar-refractivity contribution in [3.05, 3.63) is 64.6 Å². The summed E-state index contributed by atoms with van der Waals surface area (Å²) in [5.74, 6) is -0.312. The van der Waals surface area contributed by atoms with Crippen LogP contribution >= 0.6 is 0 Å². The maximum Gasteiger partial charge on any atom is 0.283 e. The monoisotopic (exact) mass is 390 g/mol. The number of nitrogens with zero attached hydrogens (tertiary/aromatic N) is 6. The Balaban J connectivity index is 1.53. The normalized spacial score (nSPS) is 14.4. The maximum absolute atomic E-state index is 13.2. The molecule has 8 heteroatoms. The van der Waals surface area contributed by atoms with Gasteiger partial charge in [0.1, 0.15) is 12.1 Å². The molecule has 0 saturated heterocycles. The van der Waals surface area contributed by atoms with Crippen molar-refractivity contribution >= 4 is 16.8 Å². The molecule has 0 fully saturated rings. The van der Waals surface area contributed by atoms with Gasteiger partial charge in [0.05, 0.1) is 6.20 Å². The van der Waals surface area contributed by atoms with Gasteiger partial charge in [0.25, 0.3) is 5.56 Å². The third kappa shape index (κ3) is 3.20. The van der Waals surface area contributed by atoms with Gasteiger partial charge in [-0.3, -0.25) is 9.36 Å². The maximum atomic E-state index is 13.2. The summed E-state index contributed by atoms with van der Waals surface area (Å²) in [6.45, 7) is 0.577. The second kappa shape index (κ2) is 7.20. The van der Waals surface area contributed by atoms with E-state index in [-0.39, 0.29) is 16.9 Å². The molecule has 0 bridgehead atoms. The fourth-order valence-corrected chi connectivity index (χ4v) is 3.79. The van der Waals surface area contributed by atoms with Gasteiger partial charge < -0.3 is 0 Å². The highest BCUT2D eigenvalue weighted by Crippen LogP contribution is 2.24. The second-order valence-electron chi connectivity index (χ2n) is 7.27. The summed E-state index contributed by atoms with van der Waals surface area (Å²) in [7, 11) is 0. The smallest absolute Gasteiger partial charge is 0.283 e. The Morgan fingerprint density at radius 1 is 1.07 bits per heavy atom. The summed E-state index contributed by atoms with van der Waals surface area (Å²) < 4.78 is 16.3. The van der Waals surface area contributed by atoms with E-state index >= 15 is 0 Å². The number of benzene rings is 1. The van der Waals surface area contributed by atoms with Gasteiger partial charge in [0, 0.05) is 12.1 Å². The molecule has 0 atom stereocenters. The Labute approximate surface area is 165 Å². The van der Waals surface area contributed by atoms with E-state index in [1.54, 1.807) is 29.2 Å². The third-order valence-corrected chi connectivity index (χ3v) is 5.40. The number of aromatic nitrogens is 6. The first-order valence-corrected chi connectivity index (χ1v) is 9.74. The molecule has 0 radical (unpaired) electrons. The highest BCUT2D eigenvalue weighted by molar-refractivity contribution is 5.80. The van der Waals surface area contributed by atoms with Crippen LogP contribution in [0.25, 0.3) is 27.9 Å². The highest BCUT2D eigenvalue weighted by atomic mass is 19.1. The highest BCUT2D eigenvalue weighted by Gasteiger charge is 2.15. The van der Waals surface area contributed by atoms with Gasteiger partial charge in [-0.25, -0.2) is 9.37 Å². The number of halogens is 1. The van der Waals surface area contributed by atoms with Gasteiger partial charge in [-0.1, -0.05) is 23.8 Å². The van der Waals surface area contributed by atoms with Crippen molar-refractivity contribution in [3.63, 3.8) is 0 Å². The lowest BCUT2D eigenvalue weighted by Crippen LogP contribution is -2.23. The van der Waals surface area contributed by atoms with Gasteiger partial charge in [-0.15, -0.1) is 10.2 Å². The van der Waals surface area contributed by atoms with Crippen LogP contribution in [0.15, 0.2) is 53.2 Å². The lowest BCUT2D eigenvalue weighted by molar-refractivity contribution is 0.609. The number of aryl methyl sites for hydroxylation is 1. The number of hydrogen-bond donors (Lipinski definition) is 0. The standard InChI is InChI=1S/C21H19FN6O/c22-16-8-6-15(7-9-16)17-12-24-28-19(17)26-25-18-20(28)23-13-27(21(18)29)11-10-14-4-2-1-3-5-14/h4,6-9,12-13H,1-3,5,10-11H2. The summed E-state index contributed by atoms with van der Waals surface area (Å²) in [6.07, 6.45) is 11.0. The molecule has 5 rings (SSSR count). The lowest BCUT2D eigenvalue weighted by atomic mass is 9.97. The van der Waals surface area contributed by atoms with Crippen molar-refractivity contribution < 1.29 is 4.39 Å². The van der Waals surface area contributed by atoms with E-state index in [2.05, 4.69) is 26.4 Å². The van der Waals surface area contributed by atoms with E-state index in [9.17, 15) is 9.18 Å². The molecule has 146 valence electrons. The predicted molar refractivity (Wildman–Crippen MR) is 107 cm³/mol. The van der Waals surface area contributed by atoms with Crippen molar-refractivity contribution in [2.75, 3.05) is 0 Å². The van der Waals surface area contributed by atoms with E-state index in [1.807, 2.05) is 0 Å². The van der Waals surface area contributed by atoms with Crippen molar-refractivity contribution in [1.29, 1.82) is 0 Å². The molecule has 7 nitrogen and oxygen atoms in total. The first-order chi connectivity index (χ1) is 14.2. The summed E-state index contributed by atoms with van der Waals surface area (Å²) in [5.41, 5.74) is 3.67. The minimum Gasteiger partial charge on any atom is -0.297 e. The average Bonchev–Trinajstić information content (AvgIpc) is 3.19. The Kier molecular flexibility index (Phi) is 4.38. The number of fused-ring (bicyclic) bond motifs is 3. The van der Waals surface area contributed by atoms with Crippen LogP contribution in [0.3, 0.4) is 0 Å². The molecule has 1 aliphatic carbocycles. The molecule has 0 N–H and O–H groups in total. The Hall–Kier alpha value is -3.42. The Morgan fingerprint density at radius 2 is 1.93 bits per heavy atom. The second-order valence-corrected chi connectivity index (χ2v) is 7.27. The SMILES string of the molecule is O=c1c2nnc3c(-c4ccc(F)cc4)cnn3c2ncn1CCC1=CCCCC1. The lowest BCUT2D eigenvalue weighted by Gasteiger charge is -2.13. The molecule has 3 aromatic heterocycles. The molecule has 0 saturated carbocycles. The average molecular weight is 390 g/mol. The van der Waals surface area contributed by atoms with E-state index in [0.717, 1.165) is 24.8 Å². The van der Waals surface area contributed by atoms with Gasteiger partial charge in [0.2, 0.25) is 0 Å². The number of hydrogen-bond acceptors (Lipinski definition) is 5. The minimum absolute atomic E-state index is 0.186. The van der Waals surface area contributed by atoms with Crippen molar-refractivity contribution in [3.8, 4) is 11.1 Å². The third-order valence-electron chi connectivity index (χ3n) is 5.40. The molecule has 0 amide bonds. The van der Waals surface area contributed by atoms with Crippen molar-refractivity contribution in [2.45, 2.75) is 38.6 Å². The molecule has 4 aromatic rings. The molecule has 0 spiro atoms. The van der Waals surface area contributed by atoms with E-state index < -0.39 is 0 Å². The predicted octanol–water partition coefficient (Wildman–Crippen LogP) is 3.53. The molecule has 1 aliphatic rings. The van der Waals surface area contributed by atoms with Crippen LogP contribution in [0.5, 0.6) is 0 Å². The summed E-state index contributed by atoms with van der Waals surface area (Å²) in [4.78, 5) is 17.3. The van der Waals surface area contributed by atoms with Crippen LogP contribution in [-0.2, 0) is 6.54 Å². The first-order valence-electron chi connectivity index (χ1n) is 9.74. The molecular weight excluding hydrogens is 371 g/mol. The zero-order chi connectivity index (χ0) is 19.8. The molecular formula is C21H19FN6O. The van der Waals surface area contributed by atoms with Crippen molar-refractivity contribution in [2.24, 2.45) is 0 Å². The molecule has 1 aromatic carbocycles. The number of rotatable bonds is 4. The fourth-order valence-electron chi connectivity index (χ4n) is 3.79. The van der Waals surface area contributed by atoms with Crippen LogP contribution in [-0.4, -0.2) is 29.4 Å². The first kappa shape index (κ1) is 17.7. The van der Waals surface area contributed by atoms with Crippen LogP contribution < -0.4 is 5.56 Å². The van der Waals surface area contributed by atoms with E-state index in [0.29, 0.717) is 23.4 Å². The minimum atomic E-state index is -0.312. The van der Waals surface area contributed by atoms with Crippen LogP contribution in [0.4, 0.5) is 4.39 Å². The Bertz CT molecular complexity index is 1290. The number of allylic oxidation sites excluding steroid dienone is 2. The summed E-state index contributed by atoms with van der Waals surface area (Å²) in [6, 6.07) is 6.07. The summed E-state index contributed by atoms with van der Waals surface area (Å²) in [5, 5.41) is 12.7. The van der Waals surface area contributed by atoms with Crippen LogP contribution in [0.1, 0.15) is 32.1 Å². The molecule has 29 heavy (non-hydrogen) atoms. The van der Waals surface area contributed by atoms with Gasteiger partial charge in [-0.05, 0) is 49.8 Å². The van der Waals surface area contributed by atoms with E-state index in [1.165, 1.54) is 35.1 Å².